The van der Waals surface area contributed by atoms with E-state index in [9.17, 15) is 4.79 Å². The number of nitrogens with one attached hydrogen (secondary N) is 1. The molecule has 2 rings (SSSR count). The van der Waals surface area contributed by atoms with Crippen LogP contribution in [0.25, 0.3) is 0 Å². The summed E-state index contributed by atoms with van der Waals surface area (Å²) < 4.78 is 1.73. The monoisotopic (exact) mass is 290 g/mol. The van der Waals surface area contributed by atoms with E-state index in [1.807, 2.05) is 12.3 Å². The van der Waals surface area contributed by atoms with Crippen LogP contribution in [-0.4, -0.2) is 23.1 Å². The average molecular weight is 290 g/mol. The van der Waals surface area contributed by atoms with Crippen LogP contribution in [0.3, 0.4) is 0 Å². The molecule has 0 radical (unpaired) electrons. The van der Waals surface area contributed by atoms with Crippen molar-refractivity contribution >= 4 is 5.96 Å². The Labute approximate surface area is 126 Å². The first-order chi connectivity index (χ1) is 10.3. The van der Waals surface area contributed by atoms with Gasteiger partial charge in [0.25, 0.3) is 0 Å². The van der Waals surface area contributed by atoms with Crippen LogP contribution in [0.4, 0.5) is 0 Å². The molecule has 0 aromatic carbocycles. The highest BCUT2D eigenvalue weighted by atomic mass is 16.1. The van der Waals surface area contributed by atoms with E-state index in [2.05, 4.69) is 10.3 Å². The fourth-order valence-corrected chi connectivity index (χ4v) is 2.74. The number of nitrogens with zero attached hydrogens (tertiary/aromatic N) is 2. The molecule has 0 bridgehead atoms. The van der Waals surface area contributed by atoms with E-state index in [1.165, 1.54) is 32.1 Å². The number of aliphatic imine (C=N–C) groups is 1. The highest BCUT2D eigenvalue weighted by Gasteiger charge is 2.12. The smallest absolute Gasteiger partial charge is 0.250 e. The highest BCUT2D eigenvalue weighted by Crippen LogP contribution is 2.16. The van der Waals surface area contributed by atoms with Crippen LogP contribution in [-0.2, 0) is 6.54 Å². The van der Waals surface area contributed by atoms with E-state index >= 15 is 0 Å². The van der Waals surface area contributed by atoms with E-state index in [4.69, 9.17) is 5.73 Å². The lowest BCUT2D eigenvalue weighted by Gasteiger charge is -2.23. The molecule has 0 atom stereocenters. The number of pyridine rings is 1. The van der Waals surface area contributed by atoms with Gasteiger partial charge in [-0.15, -0.1) is 0 Å². The van der Waals surface area contributed by atoms with Gasteiger partial charge in [0, 0.05) is 31.4 Å². The second kappa shape index (κ2) is 8.49. The zero-order chi connectivity index (χ0) is 14.9. The molecule has 116 valence electrons. The summed E-state index contributed by atoms with van der Waals surface area (Å²) in [5.74, 6) is 0.568. The lowest BCUT2D eigenvalue weighted by atomic mass is 9.96. The molecular formula is C16H26N4O. The maximum atomic E-state index is 11.5. The number of aryl methyl sites for hydroxylation is 1. The normalized spacial score (nSPS) is 16.9. The van der Waals surface area contributed by atoms with Crippen LogP contribution >= 0.6 is 0 Å². The van der Waals surface area contributed by atoms with Gasteiger partial charge in [-0.25, -0.2) is 0 Å². The predicted molar refractivity (Wildman–Crippen MR) is 86.4 cm³/mol. The van der Waals surface area contributed by atoms with Crippen LogP contribution < -0.4 is 16.6 Å². The van der Waals surface area contributed by atoms with Gasteiger partial charge in [-0.05, 0) is 31.7 Å². The van der Waals surface area contributed by atoms with Crippen molar-refractivity contribution in [1.82, 2.24) is 9.88 Å². The molecule has 0 amide bonds. The first-order valence-corrected chi connectivity index (χ1v) is 7.97. The largest absolute Gasteiger partial charge is 0.370 e. The molecule has 1 saturated carbocycles. The van der Waals surface area contributed by atoms with Crippen LogP contribution in [0.5, 0.6) is 0 Å². The number of hydrogen-bond acceptors (Lipinski definition) is 2. The lowest BCUT2D eigenvalue weighted by Crippen LogP contribution is -2.41. The van der Waals surface area contributed by atoms with Gasteiger partial charge in [-0.3, -0.25) is 9.79 Å². The van der Waals surface area contributed by atoms with Crippen molar-refractivity contribution in [2.75, 3.05) is 6.54 Å². The molecule has 1 aliphatic carbocycles. The van der Waals surface area contributed by atoms with Gasteiger partial charge in [-0.1, -0.05) is 25.3 Å². The van der Waals surface area contributed by atoms with E-state index in [0.717, 1.165) is 19.4 Å². The van der Waals surface area contributed by atoms with E-state index < -0.39 is 0 Å². The van der Waals surface area contributed by atoms with Gasteiger partial charge in [-0.2, -0.15) is 0 Å². The van der Waals surface area contributed by atoms with Gasteiger partial charge < -0.3 is 15.6 Å². The van der Waals surface area contributed by atoms with E-state index in [1.54, 1.807) is 16.7 Å². The summed E-state index contributed by atoms with van der Waals surface area (Å²) in [6, 6.07) is 5.74. The molecule has 21 heavy (non-hydrogen) atoms. The Morgan fingerprint density at radius 1 is 1.29 bits per heavy atom. The van der Waals surface area contributed by atoms with E-state index in [0.29, 0.717) is 18.5 Å². The van der Waals surface area contributed by atoms with Crippen LogP contribution in [0.1, 0.15) is 44.9 Å². The molecule has 1 fully saturated rings. The molecule has 0 aliphatic heterocycles. The highest BCUT2D eigenvalue weighted by molar-refractivity contribution is 5.78. The van der Waals surface area contributed by atoms with Gasteiger partial charge in [0.05, 0.1) is 0 Å². The Balaban J connectivity index is 1.63. The molecule has 1 aliphatic rings. The molecular weight excluding hydrogens is 264 g/mol. The minimum Gasteiger partial charge on any atom is -0.370 e. The molecule has 1 aromatic rings. The van der Waals surface area contributed by atoms with Gasteiger partial charge in [0.1, 0.15) is 0 Å². The lowest BCUT2D eigenvalue weighted by molar-refractivity contribution is 0.412. The molecule has 0 unspecified atom stereocenters. The zero-order valence-corrected chi connectivity index (χ0v) is 12.6. The predicted octanol–water partition coefficient (Wildman–Crippen LogP) is 1.87. The SMILES string of the molecule is NC(=NCCCCn1ccccc1=O)NC1CCCCC1. The standard InChI is InChI=1S/C16H26N4O/c17-16(19-14-8-2-1-3-9-14)18-11-5-7-13-20-12-6-4-10-15(20)21/h4,6,10,12,14H,1-3,5,7-9,11,13H2,(H3,17,18,19). The Morgan fingerprint density at radius 3 is 2.86 bits per heavy atom. The minimum atomic E-state index is 0.0551. The first kappa shape index (κ1) is 15.6. The first-order valence-electron chi connectivity index (χ1n) is 7.97. The third-order valence-corrected chi connectivity index (χ3v) is 3.95. The third-order valence-electron chi connectivity index (χ3n) is 3.95. The summed E-state index contributed by atoms with van der Waals surface area (Å²) >= 11 is 0. The van der Waals surface area contributed by atoms with Gasteiger partial charge >= 0.3 is 0 Å². The van der Waals surface area contributed by atoms with Crippen molar-refractivity contribution < 1.29 is 0 Å². The number of aromatic nitrogens is 1. The minimum absolute atomic E-state index is 0.0551. The summed E-state index contributed by atoms with van der Waals surface area (Å²) in [5.41, 5.74) is 5.96. The Morgan fingerprint density at radius 2 is 2.10 bits per heavy atom. The Hall–Kier alpha value is -1.78. The fourth-order valence-electron chi connectivity index (χ4n) is 2.74. The van der Waals surface area contributed by atoms with Crippen LogP contribution in [0.2, 0.25) is 0 Å². The molecule has 0 saturated heterocycles. The maximum absolute atomic E-state index is 11.5. The van der Waals surface area contributed by atoms with Gasteiger partial charge in [0.15, 0.2) is 5.96 Å². The van der Waals surface area contributed by atoms with Crippen molar-refractivity contribution in [3.8, 4) is 0 Å². The van der Waals surface area contributed by atoms with E-state index in [-0.39, 0.29) is 5.56 Å². The zero-order valence-electron chi connectivity index (χ0n) is 12.6. The summed E-state index contributed by atoms with van der Waals surface area (Å²) in [4.78, 5) is 15.9. The molecule has 0 spiro atoms. The second-order valence-electron chi connectivity index (χ2n) is 5.69. The van der Waals surface area contributed by atoms with Crippen molar-refractivity contribution in [2.24, 2.45) is 10.7 Å². The molecule has 3 N–H and O–H groups in total. The summed E-state index contributed by atoms with van der Waals surface area (Å²) in [7, 11) is 0. The van der Waals surface area contributed by atoms with Crippen molar-refractivity contribution in [1.29, 1.82) is 0 Å². The Kier molecular flexibility index (Phi) is 6.31. The molecule has 1 heterocycles. The van der Waals surface area contributed by atoms with Crippen molar-refractivity contribution in [3.05, 3.63) is 34.7 Å². The number of unbranched alkanes of at least 4 members (excludes halogenated alkanes) is 1. The van der Waals surface area contributed by atoms with Crippen LogP contribution in [0, 0.1) is 0 Å². The maximum Gasteiger partial charge on any atom is 0.250 e. The van der Waals surface area contributed by atoms with Crippen molar-refractivity contribution in [2.45, 2.75) is 57.5 Å². The summed E-state index contributed by atoms with van der Waals surface area (Å²) in [5, 5.41) is 3.31. The number of nitrogens with two attached hydrogens (primary N) is 1. The quantitative estimate of drug-likeness (QED) is 0.477. The number of guanidine groups is 1. The van der Waals surface area contributed by atoms with Crippen LogP contribution in [0.15, 0.2) is 34.2 Å². The van der Waals surface area contributed by atoms with Gasteiger partial charge in [0.2, 0.25) is 5.56 Å². The number of rotatable bonds is 6. The average Bonchev–Trinajstić information content (AvgIpc) is 2.50. The second-order valence-corrected chi connectivity index (χ2v) is 5.69. The summed E-state index contributed by atoms with van der Waals surface area (Å²) in [6.45, 7) is 1.46. The molecule has 1 aromatic heterocycles. The van der Waals surface area contributed by atoms with Crippen molar-refractivity contribution in [3.63, 3.8) is 0 Å². The fraction of sp³-hybridized carbons (Fsp3) is 0.625. The molecule has 5 nitrogen and oxygen atoms in total. The topological polar surface area (TPSA) is 72.4 Å². The Bertz CT molecular complexity index is 503. The summed E-state index contributed by atoms with van der Waals surface area (Å²) in [6.07, 6.45) is 10.0. The number of hydrogen-bond donors (Lipinski definition) is 2. The third kappa shape index (κ3) is 5.61. The molecule has 5 heteroatoms.